The molecule has 0 saturated heterocycles. The topological polar surface area (TPSA) is 77.2 Å². The fraction of sp³-hybridized carbons (Fsp3) is 0.125. The third-order valence-electron chi connectivity index (χ3n) is 1.69. The molecular formula is C8H7BrFNO3S. The molecule has 0 heterocycles. The van der Waals surface area contributed by atoms with Crippen molar-refractivity contribution in [2.75, 3.05) is 5.33 Å². The van der Waals surface area contributed by atoms with Gasteiger partial charge in [-0.2, -0.15) is 0 Å². The number of Topliss-reactive ketones (excluding diaryl/α,β-unsaturated/α-hetero) is 1. The molecule has 1 aromatic rings. The van der Waals surface area contributed by atoms with Gasteiger partial charge in [0.2, 0.25) is 10.0 Å². The number of carbonyl (C=O) groups excluding carboxylic acids is 1. The van der Waals surface area contributed by atoms with Crippen LogP contribution in [-0.4, -0.2) is 19.5 Å². The van der Waals surface area contributed by atoms with E-state index in [-0.39, 0.29) is 10.9 Å². The highest BCUT2D eigenvalue weighted by Crippen LogP contribution is 2.17. The maximum atomic E-state index is 13.5. The Morgan fingerprint density at radius 3 is 2.53 bits per heavy atom. The van der Waals surface area contributed by atoms with Crippen molar-refractivity contribution in [3.63, 3.8) is 0 Å². The highest BCUT2D eigenvalue weighted by Gasteiger charge is 2.19. The van der Waals surface area contributed by atoms with Crippen LogP contribution in [0.4, 0.5) is 4.39 Å². The first kappa shape index (κ1) is 12.3. The lowest BCUT2D eigenvalue weighted by Crippen LogP contribution is -2.16. The number of halogens is 2. The fourth-order valence-corrected chi connectivity index (χ4v) is 1.95. The first-order chi connectivity index (χ1) is 6.88. The minimum absolute atomic E-state index is 0.0853. The Kier molecular flexibility index (Phi) is 3.58. The number of ketones is 1. The number of hydrogen-bond acceptors (Lipinski definition) is 3. The fourth-order valence-electron chi connectivity index (χ4n) is 1.02. The number of benzene rings is 1. The Hall–Kier alpha value is -0.790. The van der Waals surface area contributed by atoms with Gasteiger partial charge in [-0.1, -0.05) is 22.0 Å². The highest BCUT2D eigenvalue weighted by atomic mass is 79.9. The van der Waals surface area contributed by atoms with Crippen LogP contribution in [0.3, 0.4) is 0 Å². The lowest BCUT2D eigenvalue weighted by Gasteiger charge is -2.04. The second-order valence-electron chi connectivity index (χ2n) is 2.72. The zero-order valence-electron chi connectivity index (χ0n) is 7.41. The molecule has 0 aliphatic rings. The van der Waals surface area contributed by atoms with E-state index in [2.05, 4.69) is 15.9 Å². The first-order valence-electron chi connectivity index (χ1n) is 3.78. The highest BCUT2D eigenvalue weighted by molar-refractivity contribution is 9.09. The van der Waals surface area contributed by atoms with Gasteiger partial charge in [0, 0.05) is 0 Å². The second-order valence-corrected chi connectivity index (χ2v) is 4.81. The van der Waals surface area contributed by atoms with Crippen LogP contribution < -0.4 is 5.14 Å². The van der Waals surface area contributed by atoms with E-state index >= 15 is 0 Å². The Bertz CT molecular complexity index is 501. The van der Waals surface area contributed by atoms with Crippen molar-refractivity contribution < 1.29 is 17.6 Å². The van der Waals surface area contributed by atoms with E-state index in [1.54, 1.807) is 0 Å². The molecule has 82 valence electrons. The van der Waals surface area contributed by atoms with Gasteiger partial charge in [-0.3, -0.25) is 4.79 Å². The first-order valence-corrected chi connectivity index (χ1v) is 6.45. The maximum Gasteiger partial charge on any atom is 0.240 e. The van der Waals surface area contributed by atoms with Crippen LogP contribution in [0.5, 0.6) is 0 Å². The number of alkyl halides is 1. The summed E-state index contributed by atoms with van der Waals surface area (Å²) in [6.45, 7) is 0. The summed E-state index contributed by atoms with van der Waals surface area (Å²) < 4.78 is 35.4. The van der Waals surface area contributed by atoms with Gasteiger partial charge in [-0.05, 0) is 12.1 Å². The molecule has 4 nitrogen and oxygen atoms in total. The molecule has 1 aromatic carbocycles. The van der Waals surface area contributed by atoms with Crippen molar-refractivity contribution in [2.24, 2.45) is 5.14 Å². The minimum atomic E-state index is -4.14. The predicted octanol–water partition coefficient (Wildman–Crippen LogP) is 1.05. The molecule has 0 atom stereocenters. The normalized spacial score (nSPS) is 11.4. The van der Waals surface area contributed by atoms with E-state index in [9.17, 15) is 17.6 Å². The van der Waals surface area contributed by atoms with Crippen LogP contribution in [0.1, 0.15) is 10.4 Å². The third-order valence-corrected chi connectivity index (χ3v) is 3.13. The van der Waals surface area contributed by atoms with E-state index in [1.165, 1.54) is 12.1 Å². The Morgan fingerprint density at radius 2 is 2.07 bits per heavy atom. The van der Waals surface area contributed by atoms with E-state index in [1.807, 2.05) is 0 Å². The van der Waals surface area contributed by atoms with Crippen LogP contribution >= 0.6 is 15.9 Å². The average Bonchev–Trinajstić information content (AvgIpc) is 2.15. The zero-order chi connectivity index (χ0) is 11.6. The summed E-state index contributed by atoms with van der Waals surface area (Å²) in [6.07, 6.45) is 0. The Balaban J connectivity index is 3.43. The molecule has 1 rings (SSSR count). The summed E-state index contributed by atoms with van der Waals surface area (Å²) >= 11 is 2.86. The summed E-state index contributed by atoms with van der Waals surface area (Å²) in [6, 6.07) is 3.47. The van der Waals surface area contributed by atoms with E-state index in [4.69, 9.17) is 5.14 Å². The van der Waals surface area contributed by atoms with E-state index in [0.717, 1.165) is 6.07 Å². The van der Waals surface area contributed by atoms with Gasteiger partial charge in [0.25, 0.3) is 0 Å². The van der Waals surface area contributed by atoms with Crippen molar-refractivity contribution in [1.29, 1.82) is 0 Å². The maximum absolute atomic E-state index is 13.5. The average molecular weight is 296 g/mol. The molecule has 0 bridgehead atoms. The summed E-state index contributed by atoms with van der Waals surface area (Å²) in [5.74, 6) is -1.65. The molecular weight excluding hydrogens is 289 g/mol. The number of sulfonamides is 1. The standard InChI is InChI=1S/C8H7BrFNO3S/c9-4-6(12)5-2-1-3-7(8(5)10)15(11,13)14/h1-3H,4H2,(H2,11,13,14). The summed E-state index contributed by atoms with van der Waals surface area (Å²) in [5, 5.41) is 4.69. The second kappa shape index (κ2) is 4.38. The van der Waals surface area contributed by atoms with E-state index in [0.29, 0.717) is 0 Å². The van der Waals surface area contributed by atoms with Crippen LogP contribution in [0.25, 0.3) is 0 Å². The monoisotopic (exact) mass is 295 g/mol. The number of carbonyl (C=O) groups is 1. The predicted molar refractivity (Wildman–Crippen MR) is 55.9 cm³/mol. The summed E-state index contributed by atoms with van der Waals surface area (Å²) in [7, 11) is -4.14. The van der Waals surface area contributed by atoms with Crippen molar-refractivity contribution in [1.82, 2.24) is 0 Å². The molecule has 0 radical (unpaired) electrons. The molecule has 0 aliphatic carbocycles. The van der Waals surface area contributed by atoms with Crippen molar-refractivity contribution in [3.05, 3.63) is 29.6 Å². The van der Waals surface area contributed by atoms with Gasteiger partial charge in [-0.25, -0.2) is 17.9 Å². The number of rotatable bonds is 3. The molecule has 0 fully saturated rings. The quantitative estimate of drug-likeness (QED) is 0.669. The Labute approximate surface area is 94.5 Å². The van der Waals surface area contributed by atoms with Gasteiger partial charge in [0.1, 0.15) is 4.90 Å². The zero-order valence-corrected chi connectivity index (χ0v) is 9.81. The number of nitrogens with two attached hydrogens (primary N) is 1. The lowest BCUT2D eigenvalue weighted by molar-refractivity contribution is 0.101. The van der Waals surface area contributed by atoms with Gasteiger partial charge in [-0.15, -0.1) is 0 Å². The smallest absolute Gasteiger partial charge is 0.240 e. The van der Waals surface area contributed by atoms with Crippen molar-refractivity contribution >= 4 is 31.7 Å². The SMILES string of the molecule is NS(=O)(=O)c1cccc(C(=O)CBr)c1F. The molecule has 0 unspecified atom stereocenters. The third kappa shape index (κ3) is 2.61. The molecule has 0 saturated carbocycles. The molecule has 2 N–H and O–H groups in total. The minimum Gasteiger partial charge on any atom is -0.293 e. The van der Waals surface area contributed by atoms with Crippen LogP contribution in [0.15, 0.2) is 23.1 Å². The Morgan fingerprint density at radius 1 is 1.47 bits per heavy atom. The number of hydrogen-bond donors (Lipinski definition) is 1. The van der Waals surface area contributed by atoms with Crippen molar-refractivity contribution in [3.8, 4) is 0 Å². The largest absolute Gasteiger partial charge is 0.293 e. The lowest BCUT2D eigenvalue weighted by atomic mass is 10.1. The van der Waals surface area contributed by atoms with E-state index < -0.39 is 26.5 Å². The molecule has 0 aromatic heterocycles. The molecule has 7 heteroatoms. The molecule has 0 spiro atoms. The van der Waals surface area contributed by atoms with Crippen LogP contribution in [-0.2, 0) is 10.0 Å². The van der Waals surface area contributed by atoms with Gasteiger partial charge >= 0.3 is 0 Å². The van der Waals surface area contributed by atoms with Crippen molar-refractivity contribution in [2.45, 2.75) is 4.90 Å². The van der Waals surface area contributed by atoms with Crippen LogP contribution in [0, 0.1) is 5.82 Å². The number of primary sulfonamides is 1. The summed E-state index contributed by atoms with van der Waals surface area (Å²) in [5.41, 5.74) is -0.293. The molecule has 0 amide bonds. The van der Waals surface area contributed by atoms with Gasteiger partial charge in [0.05, 0.1) is 10.9 Å². The van der Waals surface area contributed by atoms with Gasteiger partial charge < -0.3 is 0 Å². The summed E-state index contributed by atoms with van der Waals surface area (Å²) in [4.78, 5) is 10.5. The molecule has 0 aliphatic heterocycles. The molecule has 15 heavy (non-hydrogen) atoms. The van der Waals surface area contributed by atoms with Gasteiger partial charge in [0.15, 0.2) is 11.6 Å². The van der Waals surface area contributed by atoms with Crippen LogP contribution in [0.2, 0.25) is 0 Å².